The van der Waals surface area contributed by atoms with Crippen LogP contribution in [0.1, 0.15) is 0 Å². The molecule has 0 nitrogen and oxygen atoms in total. The zero-order chi connectivity index (χ0) is 30.5. The number of benzene rings is 9. The summed E-state index contributed by atoms with van der Waals surface area (Å²) < 4.78 is 0. The monoisotopic (exact) mass is 582 g/mol. The Morgan fingerprint density at radius 1 is 0.196 bits per heavy atom. The van der Waals surface area contributed by atoms with E-state index in [1.807, 2.05) is 0 Å². The van der Waals surface area contributed by atoms with Crippen molar-refractivity contribution in [2.45, 2.75) is 0 Å². The molecule has 9 rings (SSSR count). The molecule has 0 aliphatic rings. The second-order valence-electron chi connectivity index (χ2n) is 12.0. The van der Waals surface area contributed by atoms with Crippen molar-refractivity contribution >= 4 is 43.1 Å². The molecule has 0 aromatic heterocycles. The Kier molecular flexibility index (Phi) is 6.25. The molecular weight excluding hydrogens is 553 g/mol. The number of fused-ring (bicyclic) bond motifs is 5. The summed E-state index contributed by atoms with van der Waals surface area (Å²) in [5.41, 5.74) is 10.00. The van der Waals surface area contributed by atoms with Crippen LogP contribution in [0.25, 0.3) is 87.6 Å². The predicted molar refractivity (Wildman–Crippen MR) is 198 cm³/mol. The van der Waals surface area contributed by atoms with Gasteiger partial charge < -0.3 is 0 Å². The lowest BCUT2D eigenvalue weighted by Gasteiger charge is -2.19. The summed E-state index contributed by atoms with van der Waals surface area (Å²) >= 11 is 0. The highest BCUT2D eigenvalue weighted by Crippen LogP contribution is 2.46. The summed E-state index contributed by atoms with van der Waals surface area (Å²) in [4.78, 5) is 0. The average molecular weight is 583 g/mol. The van der Waals surface area contributed by atoms with Gasteiger partial charge in [0, 0.05) is 0 Å². The molecule has 0 aliphatic heterocycles. The summed E-state index contributed by atoms with van der Waals surface area (Å²) in [6, 6.07) is 66.4. The van der Waals surface area contributed by atoms with Crippen LogP contribution in [-0.4, -0.2) is 0 Å². The van der Waals surface area contributed by atoms with Crippen molar-refractivity contribution in [3.05, 3.63) is 182 Å². The van der Waals surface area contributed by atoms with E-state index < -0.39 is 0 Å². The molecule has 46 heavy (non-hydrogen) atoms. The molecule has 0 atom stereocenters. The molecular formula is C46H30. The molecule has 0 unspecified atom stereocenters. The fourth-order valence-corrected chi connectivity index (χ4v) is 7.30. The third kappa shape index (κ3) is 4.30. The summed E-state index contributed by atoms with van der Waals surface area (Å²) in [6.07, 6.45) is 0. The average Bonchev–Trinajstić information content (AvgIpc) is 3.14. The maximum atomic E-state index is 2.30. The predicted octanol–water partition coefficient (Wildman–Crippen LogP) is 13.0. The third-order valence-corrected chi connectivity index (χ3v) is 9.49. The minimum Gasteiger partial charge on any atom is -0.0622 e. The van der Waals surface area contributed by atoms with E-state index in [4.69, 9.17) is 0 Å². The van der Waals surface area contributed by atoms with Crippen molar-refractivity contribution in [1.82, 2.24) is 0 Å². The highest BCUT2D eigenvalue weighted by Gasteiger charge is 2.18. The van der Waals surface area contributed by atoms with Crippen LogP contribution in [0.3, 0.4) is 0 Å². The zero-order valence-corrected chi connectivity index (χ0v) is 25.3. The van der Waals surface area contributed by atoms with E-state index >= 15 is 0 Å². The first-order chi connectivity index (χ1) is 22.8. The molecule has 0 bridgehead atoms. The van der Waals surface area contributed by atoms with Crippen LogP contribution in [0.15, 0.2) is 182 Å². The highest BCUT2D eigenvalue weighted by atomic mass is 14.2. The van der Waals surface area contributed by atoms with Crippen molar-refractivity contribution in [2.24, 2.45) is 0 Å². The standard InChI is InChI=1S/C46H30/c1-2-11-31(12-3-1)32-21-23-33(24-22-32)34-25-27-36(28-26-34)45-41-15-6-8-17-43(41)46(44-18-9-7-16-42(44)45)40-20-10-19-38-37-14-5-4-13-35(37)29-30-39(38)40/h1-30H. The van der Waals surface area contributed by atoms with Gasteiger partial charge in [0.25, 0.3) is 0 Å². The van der Waals surface area contributed by atoms with Gasteiger partial charge in [0.05, 0.1) is 0 Å². The molecule has 0 heteroatoms. The van der Waals surface area contributed by atoms with Crippen molar-refractivity contribution in [2.75, 3.05) is 0 Å². The summed E-state index contributed by atoms with van der Waals surface area (Å²) in [5.74, 6) is 0. The van der Waals surface area contributed by atoms with Gasteiger partial charge in [-0.05, 0) is 87.6 Å². The molecule has 0 heterocycles. The highest BCUT2D eigenvalue weighted by molar-refractivity contribution is 6.24. The third-order valence-electron chi connectivity index (χ3n) is 9.49. The maximum Gasteiger partial charge on any atom is -0.00201 e. The fraction of sp³-hybridized carbons (Fsp3) is 0. The molecule has 0 N–H and O–H groups in total. The van der Waals surface area contributed by atoms with Crippen LogP contribution in [0.4, 0.5) is 0 Å². The zero-order valence-electron chi connectivity index (χ0n) is 25.3. The smallest absolute Gasteiger partial charge is 0.00201 e. The molecule has 0 radical (unpaired) electrons. The fourth-order valence-electron chi connectivity index (χ4n) is 7.30. The molecule has 9 aromatic carbocycles. The van der Waals surface area contributed by atoms with Crippen LogP contribution in [0.5, 0.6) is 0 Å². The Labute approximate surface area is 268 Å². The minimum atomic E-state index is 1.22. The first-order valence-electron chi connectivity index (χ1n) is 15.9. The van der Waals surface area contributed by atoms with Gasteiger partial charge in [-0.15, -0.1) is 0 Å². The van der Waals surface area contributed by atoms with E-state index in [0.717, 1.165) is 0 Å². The van der Waals surface area contributed by atoms with Crippen LogP contribution in [-0.2, 0) is 0 Å². The lowest BCUT2D eigenvalue weighted by molar-refractivity contribution is 1.59. The van der Waals surface area contributed by atoms with Crippen LogP contribution >= 0.6 is 0 Å². The Bertz CT molecular complexity index is 2480. The minimum absolute atomic E-state index is 1.22. The van der Waals surface area contributed by atoms with Gasteiger partial charge in [-0.1, -0.05) is 182 Å². The number of hydrogen-bond acceptors (Lipinski definition) is 0. The molecule has 0 amide bonds. The van der Waals surface area contributed by atoms with E-state index in [0.29, 0.717) is 0 Å². The molecule has 0 fully saturated rings. The second kappa shape index (κ2) is 10.9. The lowest BCUT2D eigenvalue weighted by Crippen LogP contribution is -1.92. The van der Waals surface area contributed by atoms with Gasteiger partial charge in [-0.3, -0.25) is 0 Å². The van der Waals surface area contributed by atoms with Gasteiger partial charge in [0.2, 0.25) is 0 Å². The maximum absolute atomic E-state index is 2.30. The molecule has 214 valence electrons. The van der Waals surface area contributed by atoms with E-state index in [1.54, 1.807) is 0 Å². The number of rotatable bonds is 4. The summed E-state index contributed by atoms with van der Waals surface area (Å²) in [5, 5.41) is 10.2. The van der Waals surface area contributed by atoms with E-state index in [2.05, 4.69) is 182 Å². The Morgan fingerprint density at radius 3 is 1.22 bits per heavy atom. The van der Waals surface area contributed by atoms with Crippen molar-refractivity contribution in [3.63, 3.8) is 0 Å². The molecule has 0 aliphatic carbocycles. The first-order valence-corrected chi connectivity index (χ1v) is 15.9. The largest absolute Gasteiger partial charge is 0.0622 e. The van der Waals surface area contributed by atoms with Gasteiger partial charge >= 0.3 is 0 Å². The molecule has 0 saturated carbocycles. The Morgan fingerprint density at radius 2 is 0.630 bits per heavy atom. The first kappa shape index (κ1) is 26.4. The summed E-state index contributed by atoms with van der Waals surface area (Å²) in [6.45, 7) is 0. The number of hydrogen-bond donors (Lipinski definition) is 0. The van der Waals surface area contributed by atoms with Crippen molar-refractivity contribution in [3.8, 4) is 44.5 Å². The van der Waals surface area contributed by atoms with E-state index in [-0.39, 0.29) is 0 Å². The molecule has 9 aromatic rings. The second-order valence-corrected chi connectivity index (χ2v) is 12.0. The Hall–Kier alpha value is -5.98. The van der Waals surface area contributed by atoms with Gasteiger partial charge in [-0.25, -0.2) is 0 Å². The molecule has 0 saturated heterocycles. The van der Waals surface area contributed by atoms with E-state index in [9.17, 15) is 0 Å². The quantitative estimate of drug-likeness (QED) is 0.143. The van der Waals surface area contributed by atoms with Gasteiger partial charge in [-0.2, -0.15) is 0 Å². The topological polar surface area (TPSA) is 0 Å². The van der Waals surface area contributed by atoms with Crippen molar-refractivity contribution < 1.29 is 0 Å². The van der Waals surface area contributed by atoms with Crippen molar-refractivity contribution in [1.29, 1.82) is 0 Å². The SMILES string of the molecule is c1ccc(-c2ccc(-c3ccc(-c4c5ccccc5c(-c5cccc6c5ccc5ccccc56)c5ccccc45)cc3)cc2)cc1. The van der Waals surface area contributed by atoms with Crippen LogP contribution in [0.2, 0.25) is 0 Å². The summed E-state index contributed by atoms with van der Waals surface area (Å²) in [7, 11) is 0. The van der Waals surface area contributed by atoms with Gasteiger partial charge in [0.1, 0.15) is 0 Å². The van der Waals surface area contributed by atoms with E-state index in [1.165, 1.54) is 87.6 Å². The van der Waals surface area contributed by atoms with Crippen LogP contribution in [0, 0.1) is 0 Å². The van der Waals surface area contributed by atoms with Gasteiger partial charge in [0.15, 0.2) is 0 Å². The normalized spacial score (nSPS) is 11.5. The van der Waals surface area contributed by atoms with Crippen LogP contribution < -0.4 is 0 Å². The Balaban J connectivity index is 1.21. The molecule has 0 spiro atoms. The lowest BCUT2D eigenvalue weighted by atomic mass is 9.84.